The normalized spacial score (nSPS) is 19.3. The number of aryl methyl sites for hydroxylation is 1. The van der Waals surface area contributed by atoms with Crippen LogP contribution in [0, 0.1) is 0 Å². The Hall–Kier alpha value is -2.08. The molecular weight excluding hydrogens is 320 g/mol. The summed E-state index contributed by atoms with van der Waals surface area (Å²) in [5.41, 5.74) is 4.12. The van der Waals surface area contributed by atoms with Gasteiger partial charge in [-0.15, -0.1) is 10.2 Å². The van der Waals surface area contributed by atoms with Crippen LogP contribution in [0.3, 0.4) is 0 Å². The Morgan fingerprint density at radius 3 is 2.75 bits per heavy atom. The maximum atomic E-state index is 13.4. The van der Waals surface area contributed by atoms with E-state index in [-0.39, 0.29) is 11.0 Å². The van der Waals surface area contributed by atoms with Crippen molar-refractivity contribution in [3.8, 4) is 11.3 Å². The lowest BCUT2D eigenvalue weighted by molar-refractivity contribution is 0.436. The molecule has 6 heteroatoms. The second kappa shape index (κ2) is 5.21. The lowest BCUT2D eigenvalue weighted by atomic mass is 9.69. The SMILES string of the molecule is CC[C@@]1(C)Cc2ccccc2-c2c1c(=O)n1c(SC)nnc1n2C. The Morgan fingerprint density at radius 1 is 1.29 bits per heavy atom. The quantitative estimate of drug-likeness (QED) is 0.673. The van der Waals surface area contributed by atoms with Crippen LogP contribution in [0.5, 0.6) is 0 Å². The molecule has 1 aromatic carbocycles. The van der Waals surface area contributed by atoms with Crippen LogP contribution >= 0.6 is 11.8 Å². The van der Waals surface area contributed by atoms with E-state index in [0.717, 1.165) is 29.7 Å². The van der Waals surface area contributed by atoms with Gasteiger partial charge in [0.2, 0.25) is 5.78 Å². The van der Waals surface area contributed by atoms with E-state index in [9.17, 15) is 4.79 Å². The minimum atomic E-state index is -0.188. The number of nitrogens with zero attached hydrogens (tertiary/aromatic N) is 4. The van der Waals surface area contributed by atoms with E-state index in [1.54, 1.807) is 4.40 Å². The van der Waals surface area contributed by atoms with Crippen LogP contribution in [0.15, 0.2) is 34.2 Å². The third-order valence-electron chi connectivity index (χ3n) is 5.33. The van der Waals surface area contributed by atoms with Gasteiger partial charge >= 0.3 is 0 Å². The van der Waals surface area contributed by atoms with E-state index < -0.39 is 0 Å². The number of hydrogen-bond acceptors (Lipinski definition) is 4. The maximum Gasteiger partial charge on any atom is 0.265 e. The molecule has 1 aliphatic carbocycles. The Morgan fingerprint density at radius 2 is 2.04 bits per heavy atom. The molecule has 0 saturated carbocycles. The molecule has 2 heterocycles. The summed E-state index contributed by atoms with van der Waals surface area (Å²) in [7, 11) is 1.98. The molecule has 0 unspecified atom stereocenters. The molecule has 2 aromatic heterocycles. The molecule has 5 nitrogen and oxygen atoms in total. The van der Waals surface area contributed by atoms with Crippen LogP contribution in [0.4, 0.5) is 0 Å². The zero-order valence-corrected chi connectivity index (χ0v) is 15.1. The summed E-state index contributed by atoms with van der Waals surface area (Å²) in [6.07, 6.45) is 3.71. The first-order valence-corrected chi connectivity index (χ1v) is 9.35. The van der Waals surface area contributed by atoms with Crippen LogP contribution in [-0.4, -0.2) is 25.4 Å². The van der Waals surface area contributed by atoms with E-state index in [1.165, 1.54) is 17.3 Å². The van der Waals surface area contributed by atoms with Crippen molar-refractivity contribution in [1.82, 2.24) is 19.2 Å². The average molecular weight is 340 g/mol. The van der Waals surface area contributed by atoms with Crippen molar-refractivity contribution in [1.29, 1.82) is 0 Å². The zero-order chi connectivity index (χ0) is 17.1. The fourth-order valence-corrected chi connectivity index (χ4v) is 4.32. The number of thioether (sulfide) groups is 1. The topological polar surface area (TPSA) is 52.2 Å². The summed E-state index contributed by atoms with van der Waals surface area (Å²) < 4.78 is 3.68. The highest BCUT2D eigenvalue weighted by molar-refractivity contribution is 7.98. The standard InChI is InChI=1S/C18H20N4OS/c1-5-18(2)10-11-8-6-7-9-12(11)14-13(18)15(23)22-16(21(14)3)19-20-17(22)24-4/h6-9H,5,10H2,1-4H3/t18-/m0/s1. The molecule has 24 heavy (non-hydrogen) atoms. The monoisotopic (exact) mass is 340 g/mol. The fraction of sp³-hybridized carbons (Fsp3) is 0.389. The van der Waals surface area contributed by atoms with Gasteiger partial charge in [-0.3, -0.25) is 4.79 Å². The Labute approximate surface area is 144 Å². The molecular formula is C18H20N4OS. The van der Waals surface area contributed by atoms with Crippen molar-refractivity contribution in [3.05, 3.63) is 45.7 Å². The van der Waals surface area contributed by atoms with E-state index in [4.69, 9.17) is 0 Å². The molecule has 4 rings (SSSR count). The van der Waals surface area contributed by atoms with Crippen LogP contribution in [0.2, 0.25) is 0 Å². The Bertz CT molecular complexity index is 1020. The molecule has 0 spiro atoms. The van der Waals surface area contributed by atoms with Gasteiger partial charge in [0, 0.05) is 23.6 Å². The molecule has 3 aromatic rings. The van der Waals surface area contributed by atoms with Crippen molar-refractivity contribution in [2.75, 3.05) is 6.26 Å². The molecule has 0 aliphatic heterocycles. The van der Waals surface area contributed by atoms with Gasteiger partial charge in [0.25, 0.3) is 5.56 Å². The average Bonchev–Trinajstić information content (AvgIpc) is 3.03. The van der Waals surface area contributed by atoms with Gasteiger partial charge in [0.05, 0.1) is 5.69 Å². The van der Waals surface area contributed by atoms with Crippen molar-refractivity contribution < 1.29 is 0 Å². The first-order chi connectivity index (χ1) is 11.5. The van der Waals surface area contributed by atoms with Gasteiger partial charge in [-0.2, -0.15) is 0 Å². The van der Waals surface area contributed by atoms with Crippen molar-refractivity contribution >= 4 is 17.5 Å². The van der Waals surface area contributed by atoms with Crippen molar-refractivity contribution in [2.24, 2.45) is 7.05 Å². The number of hydrogen-bond donors (Lipinski definition) is 0. The van der Waals surface area contributed by atoms with Crippen molar-refractivity contribution in [3.63, 3.8) is 0 Å². The van der Waals surface area contributed by atoms with E-state index in [0.29, 0.717) is 10.9 Å². The van der Waals surface area contributed by atoms with Crippen molar-refractivity contribution in [2.45, 2.75) is 37.3 Å². The van der Waals surface area contributed by atoms with E-state index in [2.05, 4.69) is 42.2 Å². The molecule has 0 bridgehead atoms. The summed E-state index contributed by atoms with van der Waals surface area (Å²) in [6.45, 7) is 4.35. The highest BCUT2D eigenvalue weighted by Crippen LogP contribution is 2.43. The Kier molecular flexibility index (Phi) is 3.35. The first kappa shape index (κ1) is 15.4. The number of benzene rings is 1. The highest BCUT2D eigenvalue weighted by atomic mass is 32.2. The van der Waals surface area contributed by atoms with Gasteiger partial charge in [-0.05, 0) is 24.7 Å². The van der Waals surface area contributed by atoms with E-state index in [1.807, 2.05) is 23.9 Å². The zero-order valence-electron chi connectivity index (χ0n) is 14.3. The number of rotatable bonds is 2. The molecule has 0 fully saturated rings. The summed E-state index contributed by atoms with van der Waals surface area (Å²) in [5, 5.41) is 9.10. The molecule has 1 atom stereocenters. The molecule has 0 amide bonds. The maximum absolute atomic E-state index is 13.4. The lowest BCUT2D eigenvalue weighted by Crippen LogP contribution is -2.39. The summed E-state index contributed by atoms with van der Waals surface area (Å²) in [4.78, 5) is 13.4. The predicted molar refractivity (Wildman–Crippen MR) is 96.8 cm³/mol. The second-order valence-corrected chi connectivity index (χ2v) is 7.43. The third-order valence-corrected chi connectivity index (χ3v) is 5.95. The Balaban J connectivity index is 2.23. The molecule has 0 N–H and O–H groups in total. The van der Waals surface area contributed by atoms with E-state index >= 15 is 0 Å². The lowest BCUT2D eigenvalue weighted by Gasteiger charge is -2.36. The first-order valence-electron chi connectivity index (χ1n) is 8.12. The highest BCUT2D eigenvalue weighted by Gasteiger charge is 2.38. The third kappa shape index (κ3) is 1.86. The fourth-order valence-electron chi connectivity index (χ4n) is 3.85. The molecule has 0 saturated heterocycles. The second-order valence-electron chi connectivity index (χ2n) is 6.66. The summed E-state index contributed by atoms with van der Waals surface area (Å²) in [5.74, 6) is 0.596. The van der Waals surface area contributed by atoms with Gasteiger partial charge in [-0.1, -0.05) is 49.9 Å². The largest absolute Gasteiger partial charge is 0.312 e. The molecule has 1 aliphatic rings. The van der Waals surface area contributed by atoms with Gasteiger partial charge in [0.15, 0.2) is 5.16 Å². The van der Waals surface area contributed by atoms with Gasteiger partial charge in [0.1, 0.15) is 0 Å². The van der Waals surface area contributed by atoms with Crippen LogP contribution in [0.25, 0.3) is 17.0 Å². The smallest absolute Gasteiger partial charge is 0.265 e. The molecule has 0 radical (unpaired) electrons. The van der Waals surface area contributed by atoms with Crippen LogP contribution in [0.1, 0.15) is 31.4 Å². The predicted octanol–water partition coefficient (Wildman–Crippen LogP) is 3.04. The van der Waals surface area contributed by atoms with Gasteiger partial charge < -0.3 is 4.57 Å². The number of aromatic nitrogens is 4. The summed E-state index contributed by atoms with van der Waals surface area (Å²) in [6, 6.07) is 8.37. The van der Waals surface area contributed by atoms with Crippen LogP contribution < -0.4 is 5.56 Å². The molecule has 124 valence electrons. The number of fused-ring (bicyclic) bond motifs is 4. The minimum Gasteiger partial charge on any atom is -0.312 e. The van der Waals surface area contributed by atoms with Crippen LogP contribution in [-0.2, 0) is 18.9 Å². The van der Waals surface area contributed by atoms with Gasteiger partial charge in [-0.25, -0.2) is 4.40 Å². The minimum absolute atomic E-state index is 0.0197. The summed E-state index contributed by atoms with van der Waals surface area (Å²) >= 11 is 1.45.